The van der Waals surface area contributed by atoms with Gasteiger partial charge in [0.2, 0.25) is 5.82 Å². The van der Waals surface area contributed by atoms with Crippen LogP contribution in [0.2, 0.25) is 0 Å². The molecule has 1 aromatic rings. The zero-order valence-corrected chi connectivity index (χ0v) is 11.1. The zero-order valence-electron chi connectivity index (χ0n) is 11.1. The lowest BCUT2D eigenvalue weighted by Crippen LogP contribution is -2.41. The summed E-state index contributed by atoms with van der Waals surface area (Å²) >= 11 is 0. The molecule has 0 aliphatic carbocycles. The van der Waals surface area contributed by atoms with Gasteiger partial charge in [-0.05, 0) is 13.0 Å². The number of likely N-dealkylation sites (N-methyl/N-ethyl adjacent to an activating group) is 1. The van der Waals surface area contributed by atoms with Crippen LogP contribution in [0, 0.1) is 23.0 Å². The van der Waals surface area contributed by atoms with Crippen molar-refractivity contribution in [2.45, 2.75) is 13.0 Å². The molecule has 8 heteroatoms. The van der Waals surface area contributed by atoms with Gasteiger partial charge in [0.05, 0.1) is 24.2 Å². The van der Waals surface area contributed by atoms with Gasteiger partial charge in [0.1, 0.15) is 5.92 Å². The number of carboxylic acids is 1. The van der Waals surface area contributed by atoms with Crippen LogP contribution in [0.5, 0.6) is 0 Å². The van der Waals surface area contributed by atoms with E-state index in [1.165, 1.54) is 11.1 Å². The van der Waals surface area contributed by atoms with Crippen LogP contribution in [0.15, 0.2) is 12.3 Å². The predicted octanol–water partition coefficient (Wildman–Crippen LogP) is 0.834. The summed E-state index contributed by atoms with van der Waals surface area (Å²) in [5.74, 6) is -1.53. The van der Waals surface area contributed by atoms with Crippen molar-refractivity contribution in [3.63, 3.8) is 0 Å². The van der Waals surface area contributed by atoms with Crippen molar-refractivity contribution in [2.75, 3.05) is 25.2 Å². The van der Waals surface area contributed by atoms with Crippen molar-refractivity contribution >= 4 is 17.5 Å². The molecule has 2 rings (SSSR count). The van der Waals surface area contributed by atoms with Crippen LogP contribution in [0.3, 0.4) is 0 Å². The van der Waals surface area contributed by atoms with Crippen LogP contribution in [0.1, 0.15) is 5.56 Å². The van der Waals surface area contributed by atoms with E-state index in [2.05, 4.69) is 4.98 Å². The number of carbonyl (C=O) groups is 1. The summed E-state index contributed by atoms with van der Waals surface area (Å²) in [6.45, 7) is 1.93. The highest BCUT2D eigenvalue weighted by atomic mass is 16.6. The van der Waals surface area contributed by atoms with E-state index in [1.54, 1.807) is 20.0 Å². The van der Waals surface area contributed by atoms with Gasteiger partial charge in [0.15, 0.2) is 0 Å². The summed E-state index contributed by atoms with van der Waals surface area (Å²) in [7, 11) is 1.60. The minimum atomic E-state index is -0.977. The predicted molar refractivity (Wildman–Crippen MR) is 69.8 cm³/mol. The molecule has 2 heterocycles. The Balaban J connectivity index is 2.39. The lowest BCUT2D eigenvalue weighted by atomic mass is 10.0. The number of pyridine rings is 1. The number of aliphatic carboxylic acids is 1. The Morgan fingerprint density at radius 3 is 2.90 bits per heavy atom. The maximum atomic E-state index is 11.2. The maximum Gasteiger partial charge on any atom is 0.314 e. The topological polar surface area (TPSA) is 106 Å². The number of aryl methyl sites for hydroxylation is 1. The normalized spacial score (nSPS) is 21.7. The highest BCUT2D eigenvalue weighted by Gasteiger charge is 2.39. The van der Waals surface area contributed by atoms with E-state index in [9.17, 15) is 14.9 Å². The van der Waals surface area contributed by atoms with Gasteiger partial charge in [-0.2, -0.15) is 0 Å². The molecule has 1 aliphatic heterocycles. The van der Waals surface area contributed by atoms with Gasteiger partial charge in [0, 0.05) is 18.8 Å². The van der Waals surface area contributed by atoms with E-state index < -0.39 is 22.9 Å². The molecule has 0 spiro atoms. The third-order valence-corrected chi connectivity index (χ3v) is 3.49. The Kier molecular flexibility index (Phi) is 3.84. The Labute approximate surface area is 115 Å². The fraction of sp³-hybridized carbons (Fsp3) is 0.500. The Morgan fingerprint density at radius 1 is 1.60 bits per heavy atom. The zero-order chi connectivity index (χ0) is 14.9. The number of nitrogens with zero attached hydrogens (tertiary/aromatic N) is 3. The minimum absolute atomic E-state index is 0.101. The highest BCUT2D eigenvalue weighted by molar-refractivity contribution is 5.73. The summed E-state index contributed by atoms with van der Waals surface area (Å²) in [6.07, 6.45) is 1.47. The number of carboxylic acid groups (broad SMARTS) is 1. The quantitative estimate of drug-likeness (QED) is 0.643. The third-order valence-electron chi connectivity index (χ3n) is 3.49. The van der Waals surface area contributed by atoms with Crippen molar-refractivity contribution in [3.05, 3.63) is 27.9 Å². The third kappa shape index (κ3) is 2.42. The number of anilines is 1. The number of aromatic nitrogens is 1. The first-order chi connectivity index (χ1) is 9.43. The second-order valence-corrected chi connectivity index (χ2v) is 4.72. The van der Waals surface area contributed by atoms with Gasteiger partial charge in [-0.1, -0.05) is 0 Å². The first-order valence-corrected chi connectivity index (χ1v) is 6.07. The molecule has 1 saturated heterocycles. The fourth-order valence-electron chi connectivity index (χ4n) is 2.34. The molecular formula is C12H15N3O5. The van der Waals surface area contributed by atoms with Gasteiger partial charge >= 0.3 is 11.7 Å². The van der Waals surface area contributed by atoms with Crippen molar-refractivity contribution < 1.29 is 19.6 Å². The minimum Gasteiger partial charge on any atom is -0.481 e. The lowest BCUT2D eigenvalue weighted by Gasteiger charge is -2.27. The standard InChI is InChI=1S/C12H15N3O5/c1-7-3-4-13-11(10(7)15(18)19)14(2)9-6-20-5-8(9)12(16)17/h3-4,8-9H,5-6H2,1-2H3,(H,16,17). The highest BCUT2D eigenvalue weighted by Crippen LogP contribution is 2.32. The number of hydrogen-bond acceptors (Lipinski definition) is 6. The summed E-state index contributed by atoms with van der Waals surface area (Å²) in [4.78, 5) is 27.4. The van der Waals surface area contributed by atoms with E-state index in [0.717, 1.165) is 0 Å². The molecular weight excluding hydrogens is 266 g/mol. The van der Waals surface area contributed by atoms with Crippen LogP contribution in [-0.4, -0.2) is 47.3 Å². The Bertz CT molecular complexity index is 548. The molecule has 108 valence electrons. The van der Waals surface area contributed by atoms with Crippen molar-refractivity contribution in [3.8, 4) is 0 Å². The largest absolute Gasteiger partial charge is 0.481 e. The fourth-order valence-corrected chi connectivity index (χ4v) is 2.34. The number of hydrogen-bond donors (Lipinski definition) is 1. The van der Waals surface area contributed by atoms with Crippen LogP contribution < -0.4 is 4.90 Å². The molecule has 0 saturated carbocycles. The van der Waals surface area contributed by atoms with Gasteiger partial charge in [-0.25, -0.2) is 4.98 Å². The van der Waals surface area contributed by atoms with Gasteiger partial charge in [-0.3, -0.25) is 14.9 Å². The van der Waals surface area contributed by atoms with E-state index in [4.69, 9.17) is 9.84 Å². The molecule has 1 aliphatic rings. The molecule has 20 heavy (non-hydrogen) atoms. The Morgan fingerprint density at radius 2 is 2.30 bits per heavy atom. The summed E-state index contributed by atoms with van der Waals surface area (Å²) < 4.78 is 5.18. The SMILES string of the molecule is Cc1ccnc(N(C)C2COCC2C(=O)O)c1[N+](=O)[O-]. The molecule has 8 nitrogen and oxygen atoms in total. The van der Waals surface area contributed by atoms with E-state index >= 15 is 0 Å². The molecule has 2 atom stereocenters. The average Bonchev–Trinajstić information content (AvgIpc) is 2.86. The van der Waals surface area contributed by atoms with Crippen molar-refractivity contribution in [1.29, 1.82) is 0 Å². The van der Waals surface area contributed by atoms with E-state index in [1.807, 2.05) is 0 Å². The van der Waals surface area contributed by atoms with Crippen LogP contribution >= 0.6 is 0 Å². The molecule has 1 N–H and O–H groups in total. The molecule has 1 fully saturated rings. The molecule has 2 unspecified atom stereocenters. The summed E-state index contributed by atoms with van der Waals surface area (Å²) in [5.41, 5.74) is 0.378. The summed E-state index contributed by atoms with van der Waals surface area (Å²) in [5, 5.41) is 20.3. The van der Waals surface area contributed by atoms with Crippen LogP contribution in [0.25, 0.3) is 0 Å². The van der Waals surface area contributed by atoms with Crippen LogP contribution in [0.4, 0.5) is 11.5 Å². The van der Waals surface area contributed by atoms with E-state index in [0.29, 0.717) is 5.56 Å². The monoisotopic (exact) mass is 281 g/mol. The number of ether oxygens (including phenoxy) is 1. The second-order valence-electron chi connectivity index (χ2n) is 4.72. The van der Waals surface area contributed by atoms with E-state index in [-0.39, 0.29) is 24.7 Å². The first-order valence-electron chi connectivity index (χ1n) is 6.07. The van der Waals surface area contributed by atoms with Crippen molar-refractivity contribution in [1.82, 2.24) is 4.98 Å². The molecule has 0 aromatic carbocycles. The van der Waals surface area contributed by atoms with Crippen molar-refractivity contribution in [2.24, 2.45) is 5.92 Å². The lowest BCUT2D eigenvalue weighted by molar-refractivity contribution is -0.384. The number of nitro groups is 1. The smallest absolute Gasteiger partial charge is 0.314 e. The average molecular weight is 281 g/mol. The van der Waals surface area contributed by atoms with Gasteiger partial charge in [0.25, 0.3) is 0 Å². The number of rotatable bonds is 4. The Hall–Kier alpha value is -2.22. The molecule has 0 amide bonds. The molecule has 0 radical (unpaired) electrons. The molecule has 1 aromatic heterocycles. The van der Waals surface area contributed by atoms with Gasteiger partial charge in [-0.15, -0.1) is 0 Å². The summed E-state index contributed by atoms with van der Waals surface area (Å²) in [6, 6.07) is 1.08. The molecule has 0 bridgehead atoms. The van der Waals surface area contributed by atoms with Crippen LogP contribution in [-0.2, 0) is 9.53 Å². The second kappa shape index (κ2) is 5.41. The first kappa shape index (κ1) is 14.2. The maximum absolute atomic E-state index is 11.2. The van der Waals surface area contributed by atoms with Gasteiger partial charge < -0.3 is 14.7 Å².